The van der Waals surface area contributed by atoms with E-state index in [9.17, 15) is 8.42 Å². The quantitative estimate of drug-likeness (QED) is 0.837. The summed E-state index contributed by atoms with van der Waals surface area (Å²) in [6.45, 7) is 3.18. The van der Waals surface area contributed by atoms with Gasteiger partial charge in [0.1, 0.15) is 4.21 Å². The highest BCUT2D eigenvalue weighted by Crippen LogP contribution is 2.30. The Labute approximate surface area is 116 Å². The third kappa shape index (κ3) is 2.20. The van der Waals surface area contributed by atoms with Crippen LogP contribution in [-0.2, 0) is 10.0 Å². The van der Waals surface area contributed by atoms with E-state index in [2.05, 4.69) is 4.90 Å². The molecule has 0 spiro atoms. The van der Waals surface area contributed by atoms with Gasteiger partial charge in [-0.05, 0) is 31.5 Å². The Bertz CT molecular complexity index is 543. The highest BCUT2D eigenvalue weighted by atomic mass is 35.5. The molecule has 100 valence electrons. The minimum Gasteiger partial charge on any atom is -0.298 e. The molecule has 0 N–H and O–H groups in total. The van der Waals surface area contributed by atoms with Gasteiger partial charge in [-0.15, -0.1) is 11.3 Å². The summed E-state index contributed by atoms with van der Waals surface area (Å²) in [5.74, 6) is 0. The predicted octanol–water partition coefficient (Wildman–Crippen LogP) is 1.87. The second-order valence-corrected chi connectivity index (χ2v) is 8.63. The van der Waals surface area contributed by atoms with Crippen LogP contribution in [0, 0.1) is 0 Å². The lowest BCUT2D eigenvalue weighted by Gasteiger charge is -2.36. The molecule has 1 aromatic heterocycles. The van der Waals surface area contributed by atoms with Crippen molar-refractivity contribution in [2.24, 2.45) is 0 Å². The lowest BCUT2D eigenvalue weighted by Crippen LogP contribution is -2.51. The topological polar surface area (TPSA) is 40.6 Å². The zero-order chi connectivity index (χ0) is 12.8. The Morgan fingerprint density at radius 2 is 2.11 bits per heavy atom. The number of fused-ring (bicyclic) bond motifs is 1. The van der Waals surface area contributed by atoms with Crippen molar-refractivity contribution < 1.29 is 8.42 Å². The molecule has 1 aromatic rings. The van der Waals surface area contributed by atoms with E-state index < -0.39 is 10.0 Å². The van der Waals surface area contributed by atoms with Crippen molar-refractivity contribution in [2.75, 3.05) is 26.2 Å². The van der Waals surface area contributed by atoms with Crippen LogP contribution in [0.5, 0.6) is 0 Å². The molecule has 0 aliphatic carbocycles. The Kier molecular flexibility index (Phi) is 3.40. The van der Waals surface area contributed by atoms with Crippen molar-refractivity contribution in [1.82, 2.24) is 9.21 Å². The van der Waals surface area contributed by atoms with Crippen molar-refractivity contribution in [3.05, 3.63) is 16.5 Å². The molecule has 18 heavy (non-hydrogen) atoms. The Hall–Kier alpha value is -0.140. The van der Waals surface area contributed by atoms with Gasteiger partial charge in [0.15, 0.2) is 0 Å². The summed E-state index contributed by atoms with van der Waals surface area (Å²) in [4.78, 5) is 2.40. The SMILES string of the molecule is O=S(=O)(c1ccc(Cl)s1)N1CCN2CCC[C@H]2C1. The molecular formula is C11H15ClN2O2S2. The van der Waals surface area contributed by atoms with E-state index in [1.54, 1.807) is 16.4 Å². The summed E-state index contributed by atoms with van der Waals surface area (Å²) in [5, 5.41) is 0. The van der Waals surface area contributed by atoms with Crippen molar-refractivity contribution in [3.8, 4) is 0 Å². The standard InChI is InChI=1S/C11H15ClN2O2S2/c12-10-3-4-11(17-10)18(15,16)14-7-6-13-5-1-2-9(13)8-14/h3-4,9H,1-2,5-8H2/t9-/m0/s1. The van der Waals surface area contributed by atoms with Crippen molar-refractivity contribution in [3.63, 3.8) is 0 Å². The third-order valence-electron chi connectivity index (χ3n) is 3.69. The number of hydrogen-bond acceptors (Lipinski definition) is 4. The van der Waals surface area contributed by atoms with Gasteiger partial charge in [0, 0.05) is 25.7 Å². The van der Waals surface area contributed by atoms with E-state index >= 15 is 0 Å². The fourth-order valence-corrected chi connectivity index (χ4v) is 5.85. The number of nitrogens with zero attached hydrogens (tertiary/aromatic N) is 2. The fourth-order valence-electron chi connectivity index (χ4n) is 2.74. The van der Waals surface area contributed by atoms with E-state index in [4.69, 9.17) is 11.6 Å². The summed E-state index contributed by atoms with van der Waals surface area (Å²) in [6, 6.07) is 3.65. The van der Waals surface area contributed by atoms with Crippen LogP contribution >= 0.6 is 22.9 Å². The highest BCUT2D eigenvalue weighted by Gasteiger charge is 2.36. The fraction of sp³-hybridized carbons (Fsp3) is 0.636. The normalized spacial score (nSPS) is 26.4. The van der Waals surface area contributed by atoms with Gasteiger partial charge in [-0.3, -0.25) is 4.90 Å². The van der Waals surface area contributed by atoms with Gasteiger partial charge in [-0.1, -0.05) is 11.6 Å². The zero-order valence-corrected chi connectivity index (χ0v) is 12.3. The van der Waals surface area contributed by atoms with Gasteiger partial charge in [-0.25, -0.2) is 8.42 Å². The molecule has 2 aliphatic rings. The summed E-state index contributed by atoms with van der Waals surface area (Å²) in [6.07, 6.45) is 2.29. The summed E-state index contributed by atoms with van der Waals surface area (Å²) >= 11 is 6.96. The molecule has 0 unspecified atom stereocenters. The molecule has 0 aromatic carbocycles. The number of piperazine rings is 1. The largest absolute Gasteiger partial charge is 0.298 e. The van der Waals surface area contributed by atoms with Crippen LogP contribution in [-0.4, -0.2) is 49.8 Å². The zero-order valence-electron chi connectivity index (χ0n) is 9.88. The third-order valence-corrected chi connectivity index (χ3v) is 7.26. The molecule has 0 saturated carbocycles. The Morgan fingerprint density at radius 3 is 2.83 bits per heavy atom. The summed E-state index contributed by atoms with van der Waals surface area (Å²) < 4.78 is 27.4. The first-order chi connectivity index (χ1) is 8.57. The monoisotopic (exact) mass is 306 g/mol. The molecule has 0 amide bonds. The van der Waals surface area contributed by atoms with Gasteiger partial charge in [-0.2, -0.15) is 4.31 Å². The first kappa shape index (κ1) is 12.9. The lowest BCUT2D eigenvalue weighted by atomic mass is 10.2. The van der Waals surface area contributed by atoms with E-state index in [0.717, 1.165) is 30.8 Å². The highest BCUT2D eigenvalue weighted by molar-refractivity contribution is 7.91. The lowest BCUT2D eigenvalue weighted by molar-refractivity contribution is 0.158. The predicted molar refractivity (Wildman–Crippen MR) is 72.7 cm³/mol. The smallest absolute Gasteiger partial charge is 0.252 e. The van der Waals surface area contributed by atoms with Gasteiger partial charge >= 0.3 is 0 Å². The van der Waals surface area contributed by atoms with E-state index in [1.807, 2.05) is 0 Å². The molecular weight excluding hydrogens is 292 g/mol. The summed E-state index contributed by atoms with van der Waals surface area (Å²) in [5.41, 5.74) is 0. The van der Waals surface area contributed by atoms with E-state index in [1.165, 1.54) is 6.42 Å². The summed E-state index contributed by atoms with van der Waals surface area (Å²) in [7, 11) is -3.34. The van der Waals surface area contributed by atoms with Gasteiger partial charge < -0.3 is 0 Å². The Balaban J connectivity index is 1.82. The minimum absolute atomic E-state index is 0.360. The first-order valence-electron chi connectivity index (χ1n) is 6.07. The van der Waals surface area contributed by atoms with Crippen LogP contribution in [0.2, 0.25) is 4.34 Å². The number of halogens is 1. The van der Waals surface area contributed by atoms with Crippen molar-refractivity contribution in [2.45, 2.75) is 23.1 Å². The van der Waals surface area contributed by atoms with Crippen LogP contribution in [0.4, 0.5) is 0 Å². The molecule has 3 heterocycles. The maximum atomic E-state index is 12.4. The molecule has 4 nitrogen and oxygen atoms in total. The second-order valence-electron chi connectivity index (χ2n) is 4.75. The van der Waals surface area contributed by atoms with Crippen molar-refractivity contribution in [1.29, 1.82) is 0 Å². The Morgan fingerprint density at radius 1 is 1.28 bits per heavy atom. The maximum Gasteiger partial charge on any atom is 0.252 e. The number of rotatable bonds is 2. The van der Waals surface area contributed by atoms with Gasteiger partial charge in [0.2, 0.25) is 0 Å². The molecule has 2 saturated heterocycles. The molecule has 3 rings (SSSR count). The van der Waals surface area contributed by atoms with Crippen LogP contribution in [0.1, 0.15) is 12.8 Å². The minimum atomic E-state index is -3.34. The first-order valence-corrected chi connectivity index (χ1v) is 8.70. The maximum absolute atomic E-state index is 12.4. The molecule has 0 radical (unpaired) electrons. The van der Waals surface area contributed by atoms with Gasteiger partial charge in [0.25, 0.3) is 10.0 Å². The van der Waals surface area contributed by atoms with E-state index in [0.29, 0.717) is 27.7 Å². The molecule has 2 fully saturated rings. The van der Waals surface area contributed by atoms with E-state index in [-0.39, 0.29) is 0 Å². The molecule has 1 atom stereocenters. The number of sulfonamides is 1. The van der Waals surface area contributed by atoms with Crippen LogP contribution in [0.15, 0.2) is 16.3 Å². The van der Waals surface area contributed by atoms with Crippen LogP contribution < -0.4 is 0 Å². The van der Waals surface area contributed by atoms with Crippen LogP contribution in [0.25, 0.3) is 0 Å². The molecule has 2 aliphatic heterocycles. The molecule has 0 bridgehead atoms. The number of hydrogen-bond donors (Lipinski definition) is 0. The van der Waals surface area contributed by atoms with Gasteiger partial charge in [0.05, 0.1) is 4.34 Å². The van der Waals surface area contributed by atoms with Crippen molar-refractivity contribution >= 4 is 33.0 Å². The average Bonchev–Trinajstić information content (AvgIpc) is 2.96. The molecule has 7 heteroatoms. The van der Waals surface area contributed by atoms with Crippen LogP contribution in [0.3, 0.4) is 0 Å². The number of thiophene rings is 1. The average molecular weight is 307 g/mol. The second kappa shape index (κ2) is 4.76.